The van der Waals surface area contributed by atoms with Gasteiger partial charge in [-0.3, -0.25) is 4.79 Å². The standard InChI is InChI=1S/C20H31NO2/c1-20(2,18-13-15-21-16-14-18)23-19(22)12-8-4-7-11-17-9-5-3-6-10-17/h3,5-6,9-10,18,21H,4,7-8,11-16H2,1-2H3/p+1. The summed E-state index contributed by atoms with van der Waals surface area (Å²) in [5.74, 6) is 0.485. The van der Waals surface area contributed by atoms with Gasteiger partial charge in [0.25, 0.3) is 0 Å². The fourth-order valence-corrected chi connectivity index (χ4v) is 3.47. The highest BCUT2D eigenvalue weighted by atomic mass is 16.6. The molecule has 0 radical (unpaired) electrons. The van der Waals surface area contributed by atoms with E-state index in [4.69, 9.17) is 4.74 Å². The summed E-state index contributed by atoms with van der Waals surface area (Å²) in [4.78, 5) is 12.1. The molecular weight excluding hydrogens is 286 g/mol. The number of ether oxygens (including phenoxy) is 1. The fourth-order valence-electron chi connectivity index (χ4n) is 3.47. The molecule has 0 saturated carbocycles. The second-order valence-electron chi connectivity index (χ2n) is 7.26. The highest BCUT2D eigenvalue weighted by Gasteiger charge is 2.35. The van der Waals surface area contributed by atoms with E-state index in [2.05, 4.69) is 43.4 Å². The van der Waals surface area contributed by atoms with Crippen molar-refractivity contribution in [1.29, 1.82) is 0 Å². The number of benzene rings is 1. The van der Waals surface area contributed by atoms with Crippen molar-refractivity contribution < 1.29 is 14.8 Å². The zero-order valence-corrected chi connectivity index (χ0v) is 14.7. The molecule has 1 aliphatic rings. The van der Waals surface area contributed by atoms with E-state index in [-0.39, 0.29) is 11.6 Å². The SMILES string of the molecule is CC(C)(OC(=O)CCCCCc1ccccc1)C1CC[NH2+]CC1. The number of carbonyl (C=O) groups is 1. The molecule has 0 atom stereocenters. The Balaban J connectivity index is 1.60. The average Bonchev–Trinajstić information content (AvgIpc) is 2.56. The lowest BCUT2D eigenvalue weighted by Gasteiger charge is -2.35. The normalized spacial score (nSPS) is 16.3. The van der Waals surface area contributed by atoms with E-state index < -0.39 is 0 Å². The van der Waals surface area contributed by atoms with Gasteiger partial charge in [-0.15, -0.1) is 0 Å². The Morgan fingerprint density at radius 3 is 2.52 bits per heavy atom. The Bertz CT molecular complexity index is 464. The molecule has 128 valence electrons. The predicted octanol–water partition coefficient (Wildman–Crippen LogP) is 3.08. The van der Waals surface area contributed by atoms with E-state index in [9.17, 15) is 4.79 Å². The molecule has 1 fully saturated rings. The number of quaternary nitrogens is 1. The Labute approximate surface area is 140 Å². The van der Waals surface area contributed by atoms with Crippen molar-refractivity contribution in [3.05, 3.63) is 35.9 Å². The van der Waals surface area contributed by atoms with Crippen LogP contribution in [0.1, 0.15) is 57.9 Å². The minimum atomic E-state index is -0.310. The van der Waals surface area contributed by atoms with Crippen molar-refractivity contribution in [1.82, 2.24) is 0 Å². The highest BCUT2D eigenvalue weighted by molar-refractivity contribution is 5.69. The Morgan fingerprint density at radius 2 is 1.83 bits per heavy atom. The van der Waals surface area contributed by atoms with Crippen LogP contribution in [0.15, 0.2) is 30.3 Å². The fraction of sp³-hybridized carbons (Fsp3) is 0.650. The number of piperidine rings is 1. The number of hydrogen-bond acceptors (Lipinski definition) is 2. The molecule has 0 unspecified atom stereocenters. The van der Waals surface area contributed by atoms with E-state index in [1.807, 2.05) is 6.07 Å². The monoisotopic (exact) mass is 318 g/mol. The molecule has 0 bridgehead atoms. The minimum Gasteiger partial charge on any atom is -0.459 e. The van der Waals surface area contributed by atoms with Gasteiger partial charge < -0.3 is 10.1 Å². The van der Waals surface area contributed by atoms with Gasteiger partial charge >= 0.3 is 5.97 Å². The maximum absolute atomic E-state index is 12.1. The van der Waals surface area contributed by atoms with Gasteiger partial charge in [-0.2, -0.15) is 0 Å². The molecule has 0 amide bonds. The summed E-state index contributed by atoms with van der Waals surface area (Å²) in [6.07, 6.45) is 7.11. The van der Waals surface area contributed by atoms with Crippen LogP contribution in [-0.4, -0.2) is 24.7 Å². The van der Waals surface area contributed by atoms with E-state index in [0.717, 1.165) is 51.6 Å². The van der Waals surface area contributed by atoms with Crippen LogP contribution in [0.5, 0.6) is 0 Å². The van der Waals surface area contributed by atoms with Crippen LogP contribution in [0, 0.1) is 5.92 Å². The Morgan fingerprint density at radius 1 is 1.13 bits per heavy atom. The third-order valence-corrected chi connectivity index (χ3v) is 4.99. The summed E-state index contributed by atoms with van der Waals surface area (Å²) in [5.41, 5.74) is 1.07. The Kier molecular flexibility index (Phi) is 7.10. The van der Waals surface area contributed by atoms with Crippen LogP contribution in [0.4, 0.5) is 0 Å². The summed E-state index contributed by atoms with van der Waals surface area (Å²) in [5, 5.41) is 2.35. The number of nitrogens with two attached hydrogens (primary N) is 1. The third kappa shape index (κ3) is 6.34. The first kappa shape index (κ1) is 18.0. The summed E-state index contributed by atoms with van der Waals surface area (Å²) in [7, 11) is 0. The van der Waals surface area contributed by atoms with Crippen LogP contribution in [0.3, 0.4) is 0 Å². The first-order chi connectivity index (χ1) is 11.1. The highest BCUT2D eigenvalue weighted by Crippen LogP contribution is 2.28. The maximum atomic E-state index is 12.1. The molecule has 0 aromatic heterocycles. The Hall–Kier alpha value is -1.35. The van der Waals surface area contributed by atoms with Gasteiger partial charge in [0.05, 0.1) is 13.1 Å². The molecule has 1 saturated heterocycles. The first-order valence-corrected chi connectivity index (χ1v) is 9.15. The lowest BCUT2D eigenvalue weighted by atomic mass is 9.83. The number of esters is 1. The van der Waals surface area contributed by atoms with Crippen molar-refractivity contribution >= 4 is 5.97 Å². The molecule has 3 heteroatoms. The van der Waals surface area contributed by atoms with Gasteiger partial charge in [0.2, 0.25) is 0 Å². The maximum Gasteiger partial charge on any atom is 0.306 e. The van der Waals surface area contributed by atoms with Crippen molar-refractivity contribution in [2.24, 2.45) is 5.92 Å². The van der Waals surface area contributed by atoms with Crippen molar-refractivity contribution in [2.75, 3.05) is 13.1 Å². The molecule has 0 spiro atoms. The molecule has 1 heterocycles. The van der Waals surface area contributed by atoms with E-state index in [0.29, 0.717) is 12.3 Å². The molecule has 23 heavy (non-hydrogen) atoms. The van der Waals surface area contributed by atoms with Crippen molar-refractivity contribution in [2.45, 2.75) is 64.4 Å². The molecule has 3 nitrogen and oxygen atoms in total. The number of rotatable bonds is 8. The molecule has 2 N–H and O–H groups in total. The average molecular weight is 318 g/mol. The third-order valence-electron chi connectivity index (χ3n) is 4.99. The van der Waals surface area contributed by atoms with Crippen LogP contribution in [-0.2, 0) is 16.0 Å². The molecule has 1 aromatic rings. The quantitative estimate of drug-likeness (QED) is 0.591. The van der Waals surface area contributed by atoms with Gasteiger partial charge in [0.1, 0.15) is 5.60 Å². The lowest BCUT2D eigenvalue weighted by Crippen LogP contribution is -2.86. The molecule has 0 aliphatic carbocycles. The van der Waals surface area contributed by atoms with Crippen LogP contribution >= 0.6 is 0 Å². The molecule has 1 aromatic carbocycles. The van der Waals surface area contributed by atoms with Crippen LogP contribution in [0.25, 0.3) is 0 Å². The van der Waals surface area contributed by atoms with Gasteiger partial charge in [0.15, 0.2) is 0 Å². The first-order valence-electron chi connectivity index (χ1n) is 9.15. The van der Waals surface area contributed by atoms with Gasteiger partial charge in [0, 0.05) is 25.2 Å². The number of aryl methyl sites for hydroxylation is 1. The van der Waals surface area contributed by atoms with Crippen molar-refractivity contribution in [3.8, 4) is 0 Å². The predicted molar refractivity (Wildman–Crippen MR) is 93.2 cm³/mol. The molecule has 1 aliphatic heterocycles. The largest absolute Gasteiger partial charge is 0.459 e. The van der Waals surface area contributed by atoms with Crippen LogP contribution < -0.4 is 5.32 Å². The molecule has 2 rings (SSSR count). The van der Waals surface area contributed by atoms with E-state index in [1.165, 1.54) is 5.56 Å². The number of hydrogen-bond donors (Lipinski definition) is 1. The van der Waals surface area contributed by atoms with Gasteiger partial charge in [-0.25, -0.2) is 0 Å². The summed E-state index contributed by atoms with van der Waals surface area (Å²) in [6, 6.07) is 10.5. The van der Waals surface area contributed by atoms with Crippen LogP contribution in [0.2, 0.25) is 0 Å². The topological polar surface area (TPSA) is 42.9 Å². The minimum absolute atomic E-state index is 0.0238. The summed E-state index contributed by atoms with van der Waals surface area (Å²) in [6.45, 7) is 6.48. The lowest BCUT2D eigenvalue weighted by molar-refractivity contribution is -0.665. The summed E-state index contributed by atoms with van der Waals surface area (Å²) >= 11 is 0. The second-order valence-corrected chi connectivity index (χ2v) is 7.26. The number of unbranched alkanes of at least 4 members (excludes halogenated alkanes) is 2. The van der Waals surface area contributed by atoms with E-state index in [1.54, 1.807) is 0 Å². The number of carbonyl (C=O) groups excluding carboxylic acids is 1. The second kappa shape index (κ2) is 9.07. The molecular formula is C20H32NO2+. The van der Waals surface area contributed by atoms with E-state index >= 15 is 0 Å². The zero-order chi connectivity index (χ0) is 16.5. The summed E-state index contributed by atoms with van der Waals surface area (Å²) < 4.78 is 5.79. The zero-order valence-electron chi connectivity index (χ0n) is 14.7. The smallest absolute Gasteiger partial charge is 0.306 e. The van der Waals surface area contributed by atoms with Gasteiger partial charge in [-0.05, 0) is 38.7 Å². The van der Waals surface area contributed by atoms with Gasteiger partial charge in [-0.1, -0.05) is 36.8 Å². The van der Waals surface area contributed by atoms with Crippen molar-refractivity contribution in [3.63, 3.8) is 0 Å².